The number of primary sulfonamides is 1. The maximum atomic E-state index is 11.0. The van der Waals surface area contributed by atoms with Gasteiger partial charge in [0.25, 0.3) is 0 Å². The topological polar surface area (TPSA) is 92.4 Å². The Morgan fingerprint density at radius 2 is 1.94 bits per heavy atom. The Morgan fingerprint density at radius 1 is 1.35 bits per heavy atom. The summed E-state index contributed by atoms with van der Waals surface area (Å²) in [5, 5.41) is 17.4. The van der Waals surface area contributed by atoms with Crippen molar-refractivity contribution in [2.75, 3.05) is 6.54 Å². The van der Waals surface area contributed by atoms with Crippen molar-refractivity contribution in [2.45, 2.75) is 30.9 Å². The van der Waals surface area contributed by atoms with E-state index in [1.165, 1.54) is 12.1 Å². The van der Waals surface area contributed by atoms with Crippen molar-refractivity contribution in [1.29, 1.82) is 0 Å². The molecule has 0 fully saturated rings. The third-order valence-electron chi connectivity index (χ3n) is 2.43. The van der Waals surface area contributed by atoms with Crippen LogP contribution in [-0.4, -0.2) is 26.2 Å². The summed E-state index contributed by atoms with van der Waals surface area (Å²) in [5.74, 6) is 0. The van der Waals surface area contributed by atoms with E-state index in [2.05, 4.69) is 5.32 Å². The summed E-state index contributed by atoms with van der Waals surface area (Å²) in [4.78, 5) is 0.106. The molecule has 1 rings (SSSR count). The SMILES string of the molecule is CCC(O)CNCc1ccc(S(N)(=O)=O)cc1. The molecule has 0 bridgehead atoms. The first kappa shape index (κ1) is 14.1. The Bertz CT molecular complexity index is 442. The van der Waals surface area contributed by atoms with Gasteiger partial charge >= 0.3 is 0 Å². The molecule has 0 amide bonds. The Balaban J connectivity index is 2.52. The number of hydrogen-bond donors (Lipinski definition) is 3. The molecule has 5 nitrogen and oxygen atoms in total. The van der Waals surface area contributed by atoms with E-state index in [4.69, 9.17) is 5.14 Å². The van der Waals surface area contributed by atoms with Crippen LogP contribution in [0.4, 0.5) is 0 Å². The predicted octanol–water partition coefficient (Wildman–Crippen LogP) is 0.195. The van der Waals surface area contributed by atoms with Crippen LogP contribution in [0.1, 0.15) is 18.9 Å². The van der Waals surface area contributed by atoms with Crippen LogP contribution >= 0.6 is 0 Å². The average Bonchev–Trinajstić information content (AvgIpc) is 2.28. The molecule has 0 aromatic heterocycles. The molecule has 0 radical (unpaired) electrons. The van der Waals surface area contributed by atoms with E-state index in [0.29, 0.717) is 19.5 Å². The van der Waals surface area contributed by atoms with E-state index in [9.17, 15) is 13.5 Å². The predicted molar refractivity (Wildman–Crippen MR) is 65.8 cm³/mol. The Hall–Kier alpha value is -0.950. The van der Waals surface area contributed by atoms with Gasteiger partial charge in [-0.1, -0.05) is 19.1 Å². The third kappa shape index (κ3) is 4.82. The van der Waals surface area contributed by atoms with Gasteiger partial charge in [-0.2, -0.15) is 0 Å². The first-order valence-electron chi connectivity index (χ1n) is 5.44. The van der Waals surface area contributed by atoms with E-state index < -0.39 is 10.0 Å². The van der Waals surface area contributed by atoms with Gasteiger partial charge < -0.3 is 10.4 Å². The Kier molecular flexibility index (Phi) is 5.07. The first-order chi connectivity index (χ1) is 7.93. The molecule has 17 heavy (non-hydrogen) atoms. The quantitative estimate of drug-likeness (QED) is 0.679. The second-order valence-electron chi connectivity index (χ2n) is 3.88. The number of nitrogens with one attached hydrogen (secondary N) is 1. The van der Waals surface area contributed by atoms with Gasteiger partial charge in [0.05, 0.1) is 11.0 Å². The molecule has 96 valence electrons. The fraction of sp³-hybridized carbons (Fsp3) is 0.455. The Labute approximate surface area is 102 Å². The van der Waals surface area contributed by atoms with Crippen molar-refractivity contribution in [3.05, 3.63) is 29.8 Å². The zero-order valence-corrected chi connectivity index (χ0v) is 10.6. The lowest BCUT2D eigenvalue weighted by Gasteiger charge is -2.09. The number of sulfonamides is 1. The van der Waals surface area contributed by atoms with Crippen molar-refractivity contribution in [3.8, 4) is 0 Å². The van der Waals surface area contributed by atoms with E-state index in [1.54, 1.807) is 12.1 Å². The number of hydrogen-bond acceptors (Lipinski definition) is 4. The second-order valence-corrected chi connectivity index (χ2v) is 5.44. The van der Waals surface area contributed by atoms with Crippen LogP contribution in [0, 0.1) is 0 Å². The van der Waals surface area contributed by atoms with Crippen molar-refractivity contribution >= 4 is 10.0 Å². The molecule has 0 saturated carbocycles. The molecule has 0 spiro atoms. The van der Waals surface area contributed by atoms with Gasteiger partial charge in [0.1, 0.15) is 0 Å². The standard InChI is InChI=1S/C11H18N2O3S/c1-2-10(14)8-13-7-9-3-5-11(6-4-9)17(12,15)16/h3-6,10,13-14H,2,7-8H2,1H3,(H2,12,15,16). The molecule has 1 atom stereocenters. The average molecular weight is 258 g/mol. The van der Waals surface area contributed by atoms with Crippen LogP contribution in [-0.2, 0) is 16.6 Å². The van der Waals surface area contributed by atoms with Crippen molar-refractivity contribution in [1.82, 2.24) is 5.32 Å². The van der Waals surface area contributed by atoms with Gasteiger partial charge in [0.2, 0.25) is 10.0 Å². The van der Waals surface area contributed by atoms with Crippen LogP contribution in [0.3, 0.4) is 0 Å². The van der Waals surface area contributed by atoms with Crippen LogP contribution in [0.2, 0.25) is 0 Å². The Morgan fingerprint density at radius 3 is 2.41 bits per heavy atom. The number of aliphatic hydroxyl groups excluding tert-OH is 1. The molecule has 0 saturated heterocycles. The number of nitrogens with two attached hydrogens (primary N) is 1. The highest BCUT2D eigenvalue weighted by Crippen LogP contribution is 2.08. The van der Waals surface area contributed by atoms with Crippen molar-refractivity contribution < 1.29 is 13.5 Å². The van der Waals surface area contributed by atoms with Crippen LogP contribution in [0.15, 0.2) is 29.2 Å². The first-order valence-corrected chi connectivity index (χ1v) is 6.98. The van der Waals surface area contributed by atoms with Gasteiger partial charge in [0.15, 0.2) is 0 Å². The third-order valence-corrected chi connectivity index (χ3v) is 3.36. The molecule has 0 aliphatic rings. The van der Waals surface area contributed by atoms with Gasteiger partial charge in [-0.3, -0.25) is 0 Å². The summed E-state index contributed by atoms with van der Waals surface area (Å²) >= 11 is 0. The molecule has 0 aliphatic heterocycles. The lowest BCUT2D eigenvalue weighted by atomic mass is 10.2. The van der Waals surface area contributed by atoms with E-state index in [0.717, 1.165) is 5.56 Å². The number of benzene rings is 1. The van der Waals surface area contributed by atoms with Crippen molar-refractivity contribution in [2.24, 2.45) is 5.14 Å². The summed E-state index contributed by atoms with van der Waals surface area (Å²) in [6.45, 7) is 3.02. The van der Waals surface area contributed by atoms with Gasteiger partial charge in [-0.25, -0.2) is 13.6 Å². The lowest BCUT2D eigenvalue weighted by Crippen LogP contribution is -2.25. The lowest BCUT2D eigenvalue weighted by molar-refractivity contribution is 0.167. The minimum atomic E-state index is -3.62. The second kappa shape index (κ2) is 6.11. The highest BCUT2D eigenvalue weighted by molar-refractivity contribution is 7.89. The summed E-state index contributed by atoms with van der Waals surface area (Å²) in [7, 11) is -3.62. The number of aliphatic hydroxyl groups is 1. The maximum absolute atomic E-state index is 11.0. The molecule has 0 heterocycles. The zero-order valence-electron chi connectivity index (χ0n) is 9.76. The largest absolute Gasteiger partial charge is 0.392 e. The molecular weight excluding hydrogens is 240 g/mol. The zero-order chi connectivity index (χ0) is 12.9. The van der Waals surface area contributed by atoms with E-state index in [-0.39, 0.29) is 11.0 Å². The van der Waals surface area contributed by atoms with E-state index in [1.807, 2.05) is 6.92 Å². The molecule has 4 N–H and O–H groups in total. The molecule has 0 aliphatic carbocycles. The normalized spacial score (nSPS) is 13.6. The smallest absolute Gasteiger partial charge is 0.238 e. The van der Waals surface area contributed by atoms with Crippen LogP contribution in [0.25, 0.3) is 0 Å². The molecule has 1 aromatic rings. The highest BCUT2D eigenvalue weighted by atomic mass is 32.2. The van der Waals surface area contributed by atoms with Crippen LogP contribution in [0.5, 0.6) is 0 Å². The molecular formula is C11H18N2O3S. The summed E-state index contributed by atoms with van der Waals surface area (Å²) in [5.41, 5.74) is 0.945. The van der Waals surface area contributed by atoms with Crippen LogP contribution < -0.4 is 10.5 Å². The molecule has 1 aromatic carbocycles. The summed E-state index contributed by atoms with van der Waals surface area (Å²) in [6.07, 6.45) is 0.357. The fourth-order valence-corrected chi connectivity index (χ4v) is 1.84. The van der Waals surface area contributed by atoms with Crippen molar-refractivity contribution in [3.63, 3.8) is 0 Å². The highest BCUT2D eigenvalue weighted by Gasteiger charge is 2.06. The summed E-state index contributed by atoms with van der Waals surface area (Å²) < 4.78 is 22.0. The monoisotopic (exact) mass is 258 g/mol. The van der Waals surface area contributed by atoms with Gasteiger partial charge in [-0.05, 0) is 24.1 Å². The molecule has 6 heteroatoms. The summed E-state index contributed by atoms with van der Waals surface area (Å²) in [6, 6.07) is 6.35. The fourth-order valence-electron chi connectivity index (χ4n) is 1.32. The minimum Gasteiger partial charge on any atom is -0.392 e. The van der Waals surface area contributed by atoms with E-state index >= 15 is 0 Å². The maximum Gasteiger partial charge on any atom is 0.238 e. The molecule has 1 unspecified atom stereocenters. The number of rotatable bonds is 6. The van der Waals surface area contributed by atoms with Gasteiger partial charge in [0, 0.05) is 13.1 Å². The van der Waals surface area contributed by atoms with Gasteiger partial charge in [-0.15, -0.1) is 0 Å². The minimum absolute atomic E-state index is 0.106.